The highest BCUT2D eigenvalue weighted by molar-refractivity contribution is 5.62. The number of hydrogen-bond donors (Lipinski definition) is 1. The van der Waals surface area contributed by atoms with E-state index in [0.29, 0.717) is 5.92 Å². The van der Waals surface area contributed by atoms with Crippen LogP contribution >= 0.6 is 0 Å². The van der Waals surface area contributed by atoms with Crippen LogP contribution in [0.2, 0.25) is 0 Å². The van der Waals surface area contributed by atoms with Crippen LogP contribution in [0.3, 0.4) is 0 Å². The van der Waals surface area contributed by atoms with Gasteiger partial charge >= 0.3 is 0 Å². The maximum Gasteiger partial charge on any atom is 0.185 e. The van der Waals surface area contributed by atoms with Gasteiger partial charge in [0.05, 0.1) is 17.3 Å². The van der Waals surface area contributed by atoms with E-state index < -0.39 is 11.6 Å². The third kappa shape index (κ3) is 2.76. The molecule has 2 N–H and O–H groups in total. The lowest BCUT2D eigenvalue weighted by atomic mass is 10.0. The van der Waals surface area contributed by atoms with E-state index in [1.807, 2.05) is 6.92 Å². The van der Waals surface area contributed by atoms with Crippen LogP contribution in [0.5, 0.6) is 0 Å². The van der Waals surface area contributed by atoms with Gasteiger partial charge in [-0.2, -0.15) is 0 Å². The third-order valence-electron chi connectivity index (χ3n) is 3.05. The van der Waals surface area contributed by atoms with Gasteiger partial charge in [-0.25, -0.2) is 13.5 Å². The minimum absolute atomic E-state index is 0.00526. The summed E-state index contributed by atoms with van der Waals surface area (Å²) in [5.41, 5.74) is 5.45. The standard InChI is InChI=1S/C13H17F2N5/c1-7(2)4-8(3)20-13(17-18-19-20)9-5-12(16)11(15)6-10(9)14/h5-8H,4,16H2,1-3H3. The normalized spacial score (nSPS) is 12.9. The smallest absolute Gasteiger partial charge is 0.185 e. The van der Waals surface area contributed by atoms with E-state index in [1.54, 1.807) is 0 Å². The zero-order valence-corrected chi connectivity index (χ0v) is 11.6. The number of tetrazole rings is 1. The Hall–Kier alpha value is -2.05. The molecule has 0 spiro atoms. The van der Waals surface area contributed by atoms with E-state index in [2.05, 4.69) is 29.4 Å². The number of aromatic nitrogens is 4. The van der Waals surface area contributed by atoms with Crippen molar-refractivity contribution in [1.29, 1.82) is 0 Å². The van der Waals surface area contributed by atoms with E-state index in [0.717, 1.165) is 12.5 Å². The lowest BCUT2D eigenvalue weighted by Gasteiger charge is -2.15. The molecule has 1 heterocycles. The van der Waals surface area contributed by atoms with Crippen molar-refractivity contribution < 1.29 is 8.78 Å². The third-order valence-corrected chi connectivity index (χ3v) is 3.05. The molecule has 0 aliphatic carbocycles. The van der Waals surface area contributed by atoms with Gasteiger partial charge in [-0.05, 0) is 35.8 Å². The summed E-state index contributed by atoms with van der Waals surface area (Å²) in [7, 11) is 0. The zero-order chi connectivity index (χ0) is 14.9. The van der Waals surface area contributed by atoms with Crippen LogP contribution in [0, 0.1) is 17.6 Å². The first-order chi connectivity index (χ1) is 9.40. The van der Waals surface area contributed by atoms with Crippen molar-refractivity contribution >= 4 is 5.69 Å². The monoisotopic (exact) mass is 281 g/mol. The van der Waals surface area contributed by atoms with Crippen LogP contribution in [0.25, 0.3) is 11.4 Å². The first-order valence-electron chi connectivity index (χ1n) is 6.43. The molecule has 0 bridgehead atoms. The zero-order valence-electron chi connectivity index (χ0n) is 11.6. The lowest BCUT2D eigenvalue weighted by Crippen LogP contribution is -2.12. The molecule has 0 aliphatic rings. The summed E-state index contributed by atoms with van der Waals surface area (Å²) < 4.78 is 28.6. The van der Waals surface area contributed by atoms with Gasteiger partial charge in [-0.15, -0.1) is 5.10 Å². The fraction of sp³-hybridized carbons (Fsp3) is 0.462. The molecule has 5 nitrogen and oxygen atoms in total. The molecule has 0 aliphatic heterocycles. The minimum Gasteiger partial charge on any atom is -0.396 e. The maximum atomic E-state index is 13.9. The van der Waals surface area contributed by atoms with Crippen LogP contribution in [-0.2, 0) is 0 Å². The molecular weight excluding hydrogens is 264 g/mol. The average molecular weight is 281 g/mol. The Morgan fingerprint density at radius 3 is 2.55 bits per heavy atom. The number of anilines is 1. The Kier molecular flexibility index (Phi) is 3.96. The summed E-state index contributed by atoms with van der Waals surface area (Å²) in [5.74, 6) is -0.822. The minimum atomic E-state index is -0.791. The van der Waals surface area contributed by atoms with Gasteiger partial charge < -0.3 is 5.73 Å². The fourth-order valence-corrected chi connectivity index (χ4v) is 2.19. The molecule has 1 aromatic carbocycles. The second kappa shape index (κ2) is 5.52. The van der Waals surface area contributed by atoms with Gasteiger partial charge in [0.15, 0.2) is 5.82 Å². The number of nitrogen functional groups attached to an aromatic ring is 1. The lowest BCUT2D eigenvalue weighted by molar-refractivity contribution is 0.393. The van der Waals surface area contributed by atoms with Gasteiger partial charge in [0, 0.05) is 6.07 Å². The van der Waals surface area contributed by atoms with E-state index >= 15 is 0 Å². The summed E-state index contributed by atoms with van der Waals surface area (Å²) in [4.78, 5) is 0. The van der Waals surface area contributed by atoms with Crippen molar-refractivity contribution in [2.75, 3.05) is 5.73 Å². The highest BCUT2D eigenvalue weighted by Gasteiger charge is 2.19. The van der Waals surface area contributed by atoms with Gasteiger partial charge in [-0.1, -0.05) is 13.8 Å². The van der Waals surface area contributed by atoms with Crippen LogP contribution < -0.4 is 5.73 Å². The summed E-state index contributed by atoms with van der Waals surface area (Å²) in [6, 6.07) is 1.97. The molecule has 1 atom stereocenters. The maximum absolute atomic E-state index is 13.9. The van der Waals surface area contributed by atoms with E-state index in [1.165, 1.54) is 10.7 Å². The summed E-state index contributed by atoms with van der Waals surface area (Å²) >= 11 is 0. The Morgan fingerprint density at radius 2 is 1.90 bits per heavy atom. The van der Waals surface area contributed by atoms with Crippen molar-refractivity contribution in [3.8, 4) is 11.4 Å². The molecule has 0 saturated heterocycles. The van der Waals surface area contributed by atoms with Gasteiger partial charge in [0.1, 0.15) is 11.6 Å². The first kappa shape index (κ1) is 14.4. The largest absolute Gasteiger partial charge is 0.396 e. The van der Waals surface area contributed by atoms with E-state index in [-0.39, 0.29) is 23.1 Å². The van der Waals surface area contributed by atoms with Gasteiger partial charge in [0.25, 0.3) is 0 Å². The molecule has 1 aromatic heterocycles. The van der Waals surface area contributed by atoms with Crippen LogP contribution in [0.15, 0.2) is 12.1 Å². The number of benzene rings is 1. The molecule has 0 saturated carbocycles. The quantitative estimate of drug-likeness (QED) is 0.875. The van der Waals surface area contributed by atoms with Crippen molar-refractivity contribution in [3.63, 3.8) is 0 Å². The average Bonchev–Trinajstić information content (AvgIpc) is 2.81. The Bertz CT molecular complexity index is 609. The molecule has 0 radical (unpaired) electrons. The van der Waals surface area contributed by atoms with Crippen molar-refractivity contribution in [2.45, 2.75) is 33.2 Å². The molecule has 0 amide bonds. The van der Waals surface area contributed by atoms with Crippen molar-refractivity contribution in [1.82, 2.24) is 20.2 Å². The number of nitrogens with zero attached hydrogens (tertiary/aromatic N) is 4. The molecule has 20 heavy (non-hydrogen) atoms. The topological polar surface area (TPSA) is 69.6 Å². The van der Waals surface area contributed by atoms with Crippen molar-refractivity contribution in [2.24, 2.45) is 5.92 Å². The van der Waals surface area contributed by atoms with Crippen LogP contribution in [0.4, 0.5) is 14.5 Å². The number of nitrogens with two attached hydrogens (primary N) is 1. The number of halogens is 2. The predicted octanol–water partition coefficient (Wildman–Crippen LogP) is 2.81. The summed E-state index contributed by atoms with van der Waals surface area (Å²) in [6.07, 6.45) is 0.844. The molecule has 2 aromatic rings. The molecule has 0 fully saturated rings. The first-order valence-corrected chi connectivity index (χ1v) is 6.43. The van der Waals surface area contributed by atoms with Crippen LogP contribution in [0.1, 0.15) is 33.2 Å². The van der Waals surface area contributed by atoms with Gasteiger partial charge in [-0.3, -0.25) is 0 Å². The van der Waals surface area contributed by atoms with E-state index in [4.69, 9.17) is 5.73 Å². The fourth-order valence-electron chi connectivity index (χ4n) is 2.19. The molecule has 108 valence electrons. The SMILES string of the molecule is CC(C)CC(C)n1nnnc1-c1cc(N)c(F)cc1F. The summed E-state index contributed by atoms with van der Waals surface area (Å²) in [6.45, 7) is 6.11. The van der Waals surface area contributed by atoms with Crippen LogP contribution in [-0.4, -0.2) is 20.2 Å². The second-order valence-electron chi connectivity index (χ2n) is 5.28. The molecule has 2 rings (SSSR count). The highest BCUT2D eigenvalue weighted by atomic mass is 19.1. The van der Waals surface area contributed by atoms with E-state index in [9.17, 15) is 8.78 Å². The molecular formula is C13H17F2N5. The Labute approximate surface area is 115 Å². The Balaban J connectivity index is 2.44. The molecule has 1 unspecified atom stereocenters. The highest BCUT2D eigenvalue weighted by Crippen LogP contribution is 2.27. The second-order valence-corrected chi connectivity index (χ2v) is 5.28. The number of rotatable bonds is 4. The molecule has 7 heteroatoms. The van der Waals surface area contributed by atoms with Gasteiger partial charge in [0.2, 0.25) is 0 Å². The summed E-state index contributed by atoms with van der Waals surface area (Å²) in [5, 5.41) is 11.3. The van der Waals surface area contributed by atoms with Crippen molar-refractivity contribution in [3.05, 3.63) is 23.8 Å². The Morgan fingerprint density at radius 1 is 1.20 bits per heavy atom. The number of hydrogen-bond acceptors (Lipinski definition) is 4. The predicted molar refractivity (Wildman–Crippen MR) is 71.7 cm³/mol.